The predicted octanol–water partition coefficient (Wildman–Crippen LogP) is 2.53. The highest BCUT2D eigenvalue weighted by atomic mass is 16.4. The van der Waals surface area contributed by atoms with E-state index in [4.69, 9.17) is 9.52 Å². The van der Waals surface area contributed by atoms with E-state index in [1.807, 2.05) is 0 Å². The van der Waals surface area contributed by atoms with E-state index in [2.05, 4.69) is 9.88 Å². The number of carboxylic acids is 1. The van der Waals surface area contributed by atoms with Crippen LogP contribution in [0.25, 0.3) is 0 Å². The molecule has 5 heteroatoms. The van der Waals surface area contributed by atoms with Gasteiger partial charge in [-0.25, -0.2) is 4.79 Å². The second-order valence-corrected chi connectivity index (χ2v) is 5.51. The van der Waals surface area contributed by atoms with E-state index in [0.717, 1.165) is 13.1 Å². The summed E-state index contributed by atoms with van der Waals surface area (Å²) in [6.07, 6.45) is 9.01. The quantitative estimate of drug-likeness (QED) is 0.873. The third-order valence-electron chi connectivity index (χ3n) is 4.47. The van der Waals surface area contributed by atoms with Gasteiger partial charge in [-0.15, -0.1) is 0 Å². The molecule has 1 aliphatic heterocycles. The first kappa shape index (κ1) is 11.6. The van der Waals surface area contributed by atoms with Crippen molar-refractivity contribution in [3.8, 4) is 0 Å². The van der Waals surface area contributed by atoms with Crippen molar-refractivity contribution in [1.29, 1.82) is 0 Å². The van der Waals surface area contributed by atoms with Crippen LogP contribution in [0.4, 0.5) is 6.01 Å². The lowest BCUT2D eigenvalue weighted by molar-refractivity contribution is 0.0690. The maximum absolute atomic E-state index is 10.8. The number of oxazole rings is 1. The Balaban J connectivity index is 1.66. The number of piperidine rings is 1. The lowest BCUT2D eigenvalue weighted by Gasteiger charge is -2.38. The minimum absolute atomic E-state index is 0.00819. The summed E-state index contributed by atoms with van der Waals surface area (Å²) in [6, 6.07) is 0.459. The monoisotopic (exact) mass is 250 g/mol. The predicted molar refractivity (Wildman–Crippen MR) is 65.8 cm³/mol. The Hall–Kier alpha value is -1.52. The van der Waals surface area contributed by atoms with E-state index in [1.54, 1.807) is 0 Å². The van der Waals surface area contributed by atoms with Gasteiger partial charge in [0.1, 0.15) is 6.26 Å². The van der Waals surface area contributed by atoms with E-state index in [0.29, 0.717) is 11.4 Å². The fraction of sp³-hybridized carbons (Fsp3) is 0.692. The Morgan fingerprint density at radius 3 is 2.50 bits per heavy atom. The Morgan fingerprint density at radius 2 is 1.94 bits per heavy atom. The molecule has 0 atom stereocenters. The van der Waals surface area contributed by atoms with Crippen molar-refractivity contribution >= 4 is 12.0 Å². The molecule has 0 aromatic carbocycles. The first-order valence-electron chi connectivity index (χ1n) is 6.62. The summed E-state index contributed by atoms with van der Waals surface area (Å²) < 4.78 is 5.25. The number of anilines is 1. The molecule has 1 N–H and O–H groups in total. The molecule has 5 nitrogen and oxygen atoms in total. The van der Waals surface area contributed by atoms with Crippen LogP contribution >= 0.6 is 0 Å². The van der Waals surface area contributed by atoms with Crippen molar-refractivity contribution in [3.05, 3.63) is 12.0 Å². The number of carboxylic acid groups (broad SMARTS) is 1. The normalized spacial score (nSPS) is 22.6. The fourth-order valence-corrected chi connectivity index (χ4v) is 3.31. The van der Waals surface area contributed by atoms with Gasteiger partial charge in [0, 0.05) is 13.1 Å². The zero-order valence-corrected chi connectivity index (χ0v) is 10.4. The second kappa shape index (κ2) is 4.30. The minimum Gasteiger partial charge on any atom is -0.476 e. The number of rotatable bonds is 2. The molecule has 1 saturated heterocycles. The summed E-state index contributed by atoms with van der Waals surface area (Å²) in [5.41, 5.74) is 0.546. The van der Waals surface area contributed by atoms with Gasteiger partial charge in [0.25, 0.3) is 6.01 Å². The molecule has 1 saturated carbocycles. The molecule has 18 heavy (non-hydrogen) atoms. The number of hydrogen-bond donors (Lipinski definition) is 1. The van der Waals surface area contributed by atoms with Crippen molar-refractivity contribution in [1.82, 2.24) is 4.98 Å². The maximum atomic E-state index is 10.8. The Bertz CT molecular complexity index is 439. The molecular formula is C13H18N2O3. The topological polar surface area (TPSA) is 66.6 Å². The van der Waals surface area contributed by atoms with Crippen LogP contribution in [0.5, 0.6) is 0 Å². The molecule has 2 fully saturated rings. The van der Waals surface area contributed by atoms with Crippen molar-refractivity contribution in [2.75, 3.05) is 18.0 Å². The van der Waals surface area contributed by atoms with E-state index in [-0.39, 0.29) is 5.69 Å². The lowest BCUT2D eigenvalue weighted by atomic mass is 9.77. The fourth-order valence-electron chi connectivity index (χ4n) is 3.31. The van der Waals surface area contributed by atoms with Gasteiger partial charge in [-0.3, -0.25) is 0 Å². The average Bonchev–Trinajstić information content (AvgIpc) is 3.00. The molecule has 1 aliphatic carbocycles. The summed E-state index contributed by atoms with van der Waals surface area (Å²) in [5.74, 6) is -1.03. The maximum Gasteiger partial charge on any atom is 0.357 e. The van der Waals surface area contributed by atoms with Crippen molar-refractivity contribution in [2.45, 2.75) is 38.5 Å². The zero-order valence-electron chi connectivity index (χ0n) is 10.4. The molecular weight excluding hydrogens is 232 g/mol. The molecule has 1 aromatic rings. The Morgan fingerprint density at radius 1 is 1.28 bits per heavy atom. The summed E-state index contributed by atoms with van der Waals surface area (Å²) in [6.45, 7) is 1.86. The highest BCUT2D eigenvalue weighted by Crippen LogP contribution is 2.46. The minimum atomic E-state index is -1.03. The molecule has 3 rings (SSSR count). The van der Waals surface area contributed by atoms with Crippen molar-refractivity contribution in [2.24, 2.45) is 5.41 Å². The van der Waals surface area contributed by atoms with Crippen LogP contribution in [0, 0.1) is 5.41 Å². The first-order valence-corrected chi connectivity index (χ1v) is 6.62. The van der Waals surface area contributed by atoms with Gasteiger partial charge in [-0.1, -0.05) is 12.8 Å². The third-order valence-corrected chi connectivity index (χ3v) is 4.47. The van der Waals surface area contributed by atoms with Gasteiger partial charge < -0.3 is 14.4 Å². The molecule has 1 spiro atoms. The molecule has 98 valence electrons. The molecule has 0 amide bonds. The Labute approximate surface area is 106 Å². The lowest BCUT2D eigenvalue weighted by Crippen LogP contribution is -2.39. The number of nitrogens with zero attached hydrogens (tertiary/aromatic N) is 2. The van der Waals surface area contributed by atoms with Crippen molar-refractivity contribution < 1.29 is 14.3 Å². The summed E-state index contributed by atoms with van der Waals surface area (Å²) >= 11 is 0. The van der Waals surface area contributed by atoms with Crippen LogP contribution in [0.3, 0.4) is 0 Å². The molecule has 0 unspecified atom stereocenters. The van der Waals surface area contributed by atoms with Gasteiger partial charge >= 0.3 is 5.97 Å². The highest BCUT2D eigenvalue weighted by molar-refractivity contribution is 5.85. The van der Waals surface area contributed by atoms with E-state index >= 15 is 0 Å². The van der Waals surface area contributed by atoms with Crippen molar-refractivity contribution in [3.63, 3.8) is 0 Å². The Kier molecular flexibility index (Phi) is 2.76. The highest BCUT2D eigenvalue weighted by Gasteiger charge is 2.37. The summed E-state index contributed by atoms with van der Waals surface area (Å²) in [4.78, 5) is 16.8. The number of hydrogen-bond acceptors (Lipinski definition) is 4. The van der Waals surface area contributed by atoms with Gasteiger partial charge in [0.15, 0.2) is 5.69 Å². The third kappa shape index (κ3) is 1.98. The average molecular weight is 250 g/mol. The van der Waals surface area contributed by atoms with Crippen LogP contribution in [-0.2, 0) is 0 Å². The van der Waals surface area contributed by atoms with Crippen LogP contribution in [-0.4, -0.2) is 29.1 Å². The van der Waals surface area contributed by atoms with Crippen LogP contribution in [0.1, 0.15) is 49.0 Å². The number of aromatic nitrogens is 1. The first-order chi connectivity index (χ1) is 8.69. The SMILES string of the molecule is O=C(O)c1coc(N2CCC3(CCCC3)CC2)n1. The standard InChI is InChI=1S/C13H18N2O3/c16-11(17)10-9-18-12(14-10)15-7-5-13(6-8-15)3-1-2-4-13/h9H,1-8H2,(H,16,17). The molecule has 1 aromatic heterocycles. The molecule has 2 heterocycles. The van der Waals surface area contributed by atoms with Gasteiger partial charge in [-0.2, -0.15) is 4.98 Å². The van der Waals surface area contributed by atoms with Crippen LogP contribution in [0.15, 0.2) is 10.7 Å². The summed E-state index contributed by atoms with van der Waals surface area (Å²) in [7, 11) is 0. The number of carbonyl (C=O) groups is 1. The van der Waals surface area contributed by atoms with E-state index in [9.17, 15) is 4.79 Å². The largest absolute Gasteiger partial charge is 0.476 e. The molecule has 0 radical (unpaired) electrons. The molecule has 0 bridgehead atoms. The second-order valence-electron chi connectivity index (χ2n) is 5.51. The smallest absolute Gasteiger partial charge is 0.357 e. The van der Waals surface area contributed by atoms with E-state index < -0.39 is 5.97 Å². The van der Waals surface area contributed by atoms with E-state index in [1.165, 1.54) is 44.8 Å². The van der Waals surface area contributed by atoms with Gasteiger partial charge in [0.05, 0.1) is 0 Å². The summed E-state index contributed by atoms with van der Waals surface area (Å²) in [5, 5.41) is 8.82. The van der Waals surface area contributed by atoms with Crippen LogP contribution < -0.4 is 4.90 Å². The van der Waals surface area contributed by atoms with Crippen LogP contribution in [0.2, 0.25) is 0 Å². The van der Waals surface area contributed by atoms with Gasteiger partial charge in [0.2, 0.25) is 0 Å². The molecule has 2 aliphatic rings. The number of aromatic carboxylic acids is 1. The van der Waals surface area contributed by atoms with Gasteiger partial charge in [-0.05, 0) is 31.1 Å². The zero-order chi connectivity index (χ0) is 12.6.